The lowest BCUT2D eigenvalue weighted by atomic mass is 10.0. The first kappa shape index (κ1) is 16.0. The fourth-order valence-electron chi connectivity index (χ4n) is 2.92. The highest BCUT2D eigenvalue weighted by Crippen LogP contribution is 2.37. The molecule has 0 aliphatic rings. The van der Waals surface area contributed by atoms with Gasteiger partial charge >= 0.3 is 0 Å². The summed E-state index contributed by atoms with van der Waals surface area (Å²) in [6, 6.07) is 10.2. The molecule has 0 radical (unpaired) electrons. The maximum Gasteiger partial charge on any atom is 0.222 e. The van der Waals surface area contributed by atoms with Gasteiger partial charge in [-0.3, -0.25) is 0 Å². The zero-order valence-electron chi connectivity index (χ0n) is 13.1. The first-order chi connectivity index (χ1) is 11.3. The van der Waals surface area contributed by atoms with E-state index in [0.29, 0.717) is 5.88 Å². The second kappa shape index (κ2) is 7.15. The highest BCUT2D eigenvalue weighted by molar-refractivity contribution is 9.10. The van der Waals surface area contributed by atoms with Crippen molar-refractivity contribution in [3.8, 4) is 17.1 Å². The third-order valence-corrected chi connectivity index (χ3v) is 4.67. The minimum atomic E-state index is 0.634. The Morgan fingerprint density at radius 1 is 1.22 bits per heavy atom. The van der Waals surface area contributed by atoms with Gasteiger partial charge in [-0.15, -0.1) is 0 Å². The molecule has 23 heavy (non-hydrogen) atoms. The molecule has 0 saturated heterocycles. The molecule has 5 heteroatoms. The van der Waals surface area contributed by atoms with Crippen LogP contribution in [0, 0.1) is 0 Å². The normalized spacial score (nSPS) is 11.1. The molecule has 0 bridgehead atoms. The zero-order valence-corrected chi connectivity index (χ0v) is 14.7. The molecule has 0 unspecified atom stereocenters. The molecule has 0 amide bonds. The Morgan fingerprint density at radius 2 is 2.09 bits per heavy atom. The maximum absolute atomic E-state index is 5.65. The van der Waals surface area contributed by atoms with Crippen molar-refractivity contribution in [2.24, 2.45) is 5.73 Å². The van der Waals surface area contributed by atoms with Crippen LogP contribution >= 0.6 is 15.9 Å². The van der Waals surface area contributed by atoms with Crippen LogP contribution < -0.4 is 10.5 Å². The Morgan fingerprint density at radius 3 is 2.87 bits per heavy atom. The summed E-state index contributed by atoms with van der Waals surface area (Å²) in [5.74, 6) is 0.634. The third kappa shape index (κ3) is 3.12. The van der Waals surface area contributed by atoms with E-state index in [4.69, 9.17) is 10.5 Å². The van der Waals surface area contributed by atoms with Crippen LogP contribution in [-0.2, 0) is 6.42 Å². The second-order valence-corrected chi connectivity index (χ2v) is 6.30. The summed E-state index contributed by atoms with van der Waals surface area (Å²) in [4.78, 5) is 7.88. The molecule has 2 heterocycles. The molecule has 120 valence electrons. The second-order valence-electron chi connectivity index (χ2n) is 5.45. The highest BCUT2D eigenvalue weighted by atomic mass is 79.9. The van der Waals surface area contributed by atoms with Crippen molar-refractivity contribution in [2.45, 2.75) is 19.3 Å². The van der Waals surface area contributed by atoms with Gasteiger partial charge in [-0.2, -0.15) is 0 Å². The quantitative estimate of drug-likeness (QED) is 0.633. The van der Waals surface area contributed by atoms with Crippen LogP contribution in [0.15, 0.2) is 41.0 Å². The lowest BCUT2D eigenvalue weighted by Crippen LogP contribution is -1.99. The van der Waals surface area contributed by atoms with Crippen LogP contribution in [0.25, 0.3) is 22.2 Å². The van der Waals surface area contributed by atoms with Crippen molar-refractivity contribution in [3.63, 3.8) is 0 Å². The minimum absolute atomic E-state index is 0.634. The van der Waals surface area contributed by atoms with Gasteiger partial charge in [0, 0.05) is 16.1 Å². The number of pyridine rings is 1. The number of nitrogens with two attached hydrogens (primary N) is 1. The molecule has 3 aromatic rings. The predicted octanol–water partition coefficient (Wildman–Crippen LogP) is 4.28. The SMILES string of the molecule is COc1ncccc1-c1[nH]c2c(Br)cccc2c1CCCCN. The number of nitrogens with one attached hydrogen (secondary N) is 1. The summed E-state index contributed by atoms with van der Waals surface area (Å²) in [6.07, 6.45) is 4.80. The molecule has 3 rings (SSSR count). The summed E-state index contributed by atoms with van der Waals surface area (Å²) in [6.45, 7) is 0.720. The van der Waals surface area contributed by atoms with Gasteiger partial charge in [0.2, 0.25) is 5.88 Å². The van der Waals surface area contributed by atoms with Crippen molar-refractivity contribution in [1.82, 2.24) is 9.97 Å². The fourth-order valence-corrected chi connectivity index (χ4v) is 3.38. The average molecular weight is 374 g/mol. The van der Waals surface area contributed by atoms with Crippen LogP contribution in [0.5, 0.6) is 5.88 Å². The Labute approximate surface area is 144 Å². The van der Waals surface area contributed by atoms with E-state index < -0.39 is 0 Å². The topological polar surface area (TPSA) is 63.9 Å². The average Bonchev–Trinajstić information content (AvgIpc) is 2.95. The van der Waals surface area contributed by atoms with Gasteiger partial charge < -0.3 is 15.5 Å². The van der Waals surface area contributed by atoms with E-state index in [-0.39, 0.29) is 0 Å². The molecule has 0 fully saturated rings. The predicted molar refractivity (Wildman–Crippen MR) is 97.8 cm³/mol. The van der Waals surface area contributed by atoms with Gasteiger partial charge in [-0.05, 0) is 65.5 Å². The molecule has 0 spiro atoms. The number of unbranched alkanes of at least 4 members (excludes halogenated alkanes) is 1. The monoisotopic (exact) mass is 373 g/mol. The highest BCUT2D eigenvalue weighted by Gasteiger charge is 2.17. The summed E-state index contributed by atoms with van der Waals surface area (Å²) in [7, 11) is 1.65. The number of H-pyrrole nitrogens is 1. The number of ether oxygens (including phenoxy) is 1. The van der Waals surface area contributed by atoms with Crippen LogP contribution in [0.4, 0.5) is 0 Å². The van der Waals surface area contributed by atoms with E-state index in [9.17, 15) is 0 Å². The molecule has 0 atom stereocenters. The Balaban J connectivity index is 2.18. The maximum atomic E-state index is 5.65. The van der Waals surface area contributed by atoms with Gasteiger partial charge in [0.25, 0.3) is 0 Å². The van der Waals surface area contributed by atoms with Crippen molar-refractivity contribution in [3.05, 3.63) is 46.6 Å². The largest absolute Gasteiger partial charge is 0.481 e. The lowest BCUT2D eigenvalue weighted by molar-refractivity contribution is 0.399. The minimum Gasteiger partial charge on any atom is -0.481 e. The van der Waals surface area contributed by atoms with Crippen molar-refractivity contribution >= 4 is 26.8 Å². The molecule has 0 aliphatic heterocycles. The van der Waals surface area contributed by atoms with Gasteiger partial charge in [0.05, 0.1) is 23.9 Å². The number of methoxy groups -OCH3 is 1. The van der Waals surface area contributed by atoms with Gasteiger partial charge in [0.15, 0.2) is 0 Å². The summed E-state index contributed by atoms with van der Waals surface area (Å²) >= 11 is 3.64. The number of hydrogen-bond acceptors (Lipinski definition) is 3. The van der Waals surface area contributed by atoms with Crippen LogP contribution in [0.3, 0.4) is 0 Å². The number of hydrogen-bond donors (Lipinski definition) is 2. The van der Waals surface area contributed by atoms with E-state index in [0.717, 1.165) is 47.1 Å². The number of para-hydroxylation sites is 1. The first-order valence-corrected chi connectivity index (χ1v) is 8.54. The van der Waals surface area contributed by atoms with E-state index >= 15 is 0 Å². The standard InChI is InChI=1S/C18H20BrN3O/c1-23-18-14(8-5-11-21-18)16-12(6-2-3-10-20)13-7-4-9-15(19)17(13)22-16/h4-5,7-9,11,22H,2-3,6,10,20H2,1H3. The molecule has 1 aromatic carbocycles. The number of nitrogens with zero attached hydrogens (tertiary/aromatic N) is 1. The van der Waals surface area contributed by atoms with Crippen LogP contribution in [0.2, 0.25) is 0 Å². The zero-order chi connectivity index (χ0) is 16.2. The molecular weight excluding hydrogens is 354 g/mol. The van der Waals surface area contributed by atoms with Gasteiger partial charge in [-0.1, -0.05) is 12.1 Å². The Bertz CT molecular complexity index is 813. The van der Waals surface area contributed by atoms with E-state index in [2.05, 4.69) is 38.0 Å². The number of rotatable bonds is 6. The van der Waals surface area contributed by atoms with E-state index in [1.807, 2.05) is 18.2 Å². The number of halogens is 1. The molecule has 2 aromatic heterocycles. The fraction of sp³-hybridized carbons (Fsp3) is 0.278. The van der Waals surface area contributed by atoms with Crippen LogP contribution in [-0.4, -0.2) is 23.6 Å². The Hall–Kier alpha value is -1.85. The molecule has 4 nitrogen and oxygen atoms in total. The number of fused-ring (bicyclic) bond motifs is 1. The first-order valence-electron chi connectivity index (χ1n) is 7.74. The molecule has 3 N–H and O–H groups in total. The van der Waals surface area contributed by atoms with Gasteiger partial charge in [0.1, 0.15) is 0 Å². The molecular formula is C18H20BrN3O. The Kier molecular flexibility index (Phi) is 4.98. The van der Waals surface area contributed by atoms with E-state index in [1.54, 1.807) is 13.3 Å². The number of aromatic amines is 1. The summed E-state index contributed by atoms with van der Waals surface area (Å²) in [5, 5.41) is 1.23. The third-order valence-electron chi connectivity index (χ3n) is 4.01. The molecule has 0 saturated carbocycles. The van der Waals surface area contributed by atoms with Crippen molar-refractivity contribution in [2.75, 3.05) is 13.7 Å². The smallest absolute Gasteiger partial charge is 0.222 e. The van der Waals surface area contributed by atoms with Gasteiger partial charge in [-0.25, -0.2) is 4.98 Å². The van der Waals surface area contributed by atoms with Crippen molar-refractivity contribution < 1.29 is 4.74 Å². The summed E-state index contributed by atoms with van der Waals surface area (Å²) in [5.41, 5.74) is 10.1. The van der Waals surface area contributed by atoms with Crippen molar-refractivity contribution in [1.29, 1.82) is 0 Å². The molecule has 0 aliphatic carbocycles. The lowest BCUT2D eigenvalue weighted by Gasteiger charge is -2.08. The van der Waals surface area contributed by atoms with Crippen LogP contribution in [0.1, 0.15) is 18.4 Å². The number of aromatic nitrogens is 2. The number of aryl methyl sites for hydroxylation is 1. The number of benzene rings is 1. The summed E-state index contributed by atoms with van der Waals surface area (Å²) < 4.78 is 6.50. The van der Waals surface area contributed by atoms with E-state index in [1.165, 1.54) is 10.9 Å².